The summed E-state index contributed by atoms with van der Waals surface area (Å²) < 4.78 is 25.0. The molecule has 0 unspecified atom stereocenters. The zero-order valence-electron chi connectivity index (χ0n) is 16.4. The van der Waals surface area contributed by atoms with Crippen LogP contribution < -0.4 is 10.1 Å². The Morgan fingerprint density at radius 3 is 2.79 bits per heavy atom. The molecule has 1 atom stereocenters. The Morgan fingerprint density at radius 2 is 2.07 bits per heavy atom. The number of methoxy groups -OCH3 is 1. The van der Waals surface area contributed by atoms with E-state index in [2.05, 4.69) is 10.3 Å². The van der Waals surface area contributed by atoms with Crippen LogP contribution in [-0.2, 0) is 17.6 Å². The summed E-state index contributed by atoms with van der Waals surface area (Å²) in [7, 11) is 1.61. The molecule has 7 heteroatoms. The normalized spacial score (nSPS) is 11.8. The first-order valence-corrected chi connectivity index (χ1v) is 10.2. The Morgan fingerprint density at radius 1 is 1.24 bits per heavy atom. The first-order chi connectivity index (χ1) is 14.0. The van der Waals surface area contributed by atoms with Gasteiger partial charge in [-0.05, 0) is 55.2 Å². The molecule has 0 radical (unpaired) electrons. The summed E-state index contributed by atoms with van der Waals surface area (Å²) >= 11 is 1.35. The van der Waals surface area contributed by atoms with E-state index in [9.17, 15) is 9.18 Å². The summed E-state index contributed by atoms with van der Waals surface area (Å²) in [5.41, 5.74) is 1.99. The van der Waals surface area contributed by atoms with Crippen LogP contribution in [0, 0.1) is 5.82 Å². The van der Waals surface area contributed by atoms with E-state index in [-0.39, 0.29) is 17.8 Å². The zero-order chi connectivity index (χ0) is 20.6. The number of ether oxygens (including phenoxy) is 2. The fourth-order valence-corrected chi connectivity index (χ4v) is 3.46. The van der Waals surface area contributed by atoms with E-state index >= 15 is 0 Å². The minimum atomic E-state index is -0.267. The quantitative estimate of drug-likeness (QED) is 0.550. The molecule has 3 rings (SSSR count). The van der Waals surface area contributed by atoms with Crippen molar-refractivity contribution in [1.29, 1.82) is 0 Å². The van der Waals surface area contributed by atoms with Crippen molar-refractivity contribution in [2.45, 2.75) is 25.9 Å². The van der Waals surface area contributed by atoms with Crippen LogP contribution in [0.1, 0.15) is 28.4 Å². The maximum absolute atomic E-state index is 13.9. The van der Waals surface area contributed by atoms with Crippen LogP contribution in [0.3, 0.4) is 0 Å². The van der Waals surface area contributed by atoms with Crippen molar-refractivity contribution in [3.8, 4) is 5.75 Å². The molecular weight excluding hydrogens is 391 g/mol. The second-order valence-electron chi connectivity index (χ2n) is 6.63. The molecule has 152 valence electrons. The highest BCUT2D eigenvalue weighted by Crippen LogP contribution is 2.22. The number of benzene rings is 2. The number of nitrogens with one attached hydrogen (secondary N) is 1. The number of hydrogen-bond acceptors (Lipinski definition) is 5. The van der Waals surface area contributed by atoms with Crippen molar-refractivity contribution in [3.05, 3.63) is 76.5 Å². The van der Waals surface area contributed by atoms with E-state index in [0.717, 1.165) is 5.56 Å². The van der Waals surface area contributed by atoms with Gasteiger partial charge in [0.1, 0.15) is 17.7 Å². The van der Waals surface area contributed by atoms with Gasteiger partial charge in [0.05, 0.1) is 6.61 Å². The molecule has 0 saturated heterocycles. The van der Waals surface area contributed by atoms with Gasteiger partial charge in [0.15, 0.2) is 5.13 Å². The molecule has 0 saturated carbocycles. The summed E-state index contributed by atoms with van der Waals surface area (Å²) in [6.07, 6.45) is 2.56. The summed E-state index contributed by atoms with van der Waals surface area (Å²) in [5, 5.41) is 5.10. The van der Waals surface area contributed by atoms with Gasteiger partial charge in [0, 0.05) is 24.3 Å². The van der Waals surface area contributed by atoms with E-state index in [0.29, 0.717) is 41.5 Å². The number of amides is 1. The van der Waals surface area contributed by atoms with Gasteiger partial charge in [-0.25, -0.2) is 9.37 Å². The molecule has 29 heavy (non-hydrogen) atoms. The maximum atomic E-state index is 13.9. The number of nitrogens with zero attached hydrogens (tertiary/aromatic N) is 1. The Balaban J connectivity index is 1.81. The maximum Gasteiger partial charge on any atom is 0.257 e. The van der Waals surface area contributed by atoms with Gasteiger partial charge in [-0.3, -0.25) is 10.1 Å². The third-order valence-corrected chi connectivity index (χ3v) is 4.95. The molecule has 3 aromatic rings. The highest BCUT2D eigenvalue weighted by molar-refractivity contribution is 7.13. The molecule has 1 heterocycles. The van der Waals surface area contributed by atoms with Gasteiger partial charge in [0.2, 0.25) is 0 Å². The van der Waals surface area contributed by atoms with E-state index < -0.39 is 0 Å². The van der Waals surface area contributed by atoms with Gasteiger partial charge in [0.25, 0.3) is 5.91 Å². The Bertz CT molecular complexity index is 947. The summed E-state index contributed by atoms with van der Waals surface area (Å²) in [6.45, 7) is 2.32. The molecule has 5 nitrogen and oxygen atoms in total. The van der Waals surface area contributed by atoms with E-state index in [1.807, 2.05) is 19.1 Å². The van der Waals surface area contributed by atoms with Gasteiger partial charge in [-0.15, -0.1) is 11.3 Å². The van der Waals surface area contributed by atoms with Crippen LogP contribution in [0.25, 0.3) is 0 Å². The fourth-order valence-electron chi connectivity index (χ4n) is 2.94. The van der Waals surface area contributed by atoms with Crippen molar-refractivity contribution < 1.29 is 18.7 Å². The molecular formula is C22H23FN2O3S. The molecule has 0 aliphatic carbocycles. The van der Waals surface area contributed by atoms with Gasteiger partial charge >= 0.3 is 0 Å². The number of carbonyl (C=O) groups is 1. The Hall–Kier alpha value is -2.77. The lowest BCUT2D eigenvalue weighted by molar-refractivity contribution is 0.0916. The first-order valence-electron chi connectivity index (χ1n) is 9.29. The number of rotatable bonds is 9. The van der Waals surface area contributed by atoms with Crippen molar-refractivity contribution in [2.75, 3.05) is 19.0 Å². The van der Waals surface area contributed by atoms with Crippen molar-refractivity contribution >= 4 is 22.4 Å². The predicted octanol–water partition coefficient (Wildman–Crippen LogP) is 4.73. The van der Waals surface area contributed by atoms with Crippen LogP contribution in [0.2, 0.25) is 0 Å². The minimum Gasteiger partial charge on any atom is -0.488 e. The van der Waals surface area contributed by atoms with Crippen LogP contribution in [0.5, 0.6) is 5.75 Å². The number of thiazole rings is 1. The topological polar surface area (TPSA) is 60.5 Å². The highest BCUT2D eigenvalue weighted by atomic mass is 32.1. The summed E-state index contributed by atoms with van der Waals surface area (Å²) in [5.74, 6) is 0.0807. The number of aryl methyl sites for hydroxylation is 2. The zero-order valence-corrected chi connectivity index (χ0v) is 17.2. The number of aromatic nitrogens is 1. The molecule has 0 spiro atoms. The number of carbonyl (C=O) groups excluding carboxylic acids is 1. The van der Waals surface area contributed by atoms with Crippen LogP contribution in [-0.4, -0.2) is 30.7 Å². The Labute approximate surface area is 173 Å². The lowest BCUT2D eigenvalue weighted by atomic mass is 10.0. The van der Waals surface area contributed by atoms with Gasteiger partial charge in [-0.2, -0.15) is 0 Å². The smallest absolute Gasteiger partial charge is 0.257 e. The molecule has 2 aromatic carbocycles. The first kappa shape index (κ1) is 21.0. The predicted molar refractivity (Wildman–Crippen MR) is 112 cm³/mol. The lowest BCUT2D eigenvalue weighted by Crippen LogP contribution is -2.19. The van der Waals surface area contributed by atoms with Crippen LogP contribution >= 0.6 is 11.3 Å². The Kier molecular flexibility index (Phi) is 7.32. The summed E-state index contributed by atoms with van der Waals surface area (Å²) in [6, 6.07) is 12.1. The summed E-state index contributed by atoms with van der Waals surface area (Å²) in [4.78, 5) is 16.8. The largest absolute Gasteiger partial charge is 0.488 e. The third-order valence-electron chi connectivity index (χ3n) is 4.26. The second kappa shape index (κ2) is 10.1. The number of hydrogen-bond donors (Lipinski definition) is 1. The van der Waals surface area contributed by atoms with Crippen molar-refractivity contribution in [1.82, 2.24) is 4.98 Å². The molecule has 0 bridgehead atoms. The average molecular weight is 415 g/mol. The molecule has 0 aliphatic heterocycles. The van der Waals surface area contributed by atoms with Gasteiger partial charge in [-0.1, -0.05) is 18.2 Å². The van der Waals surface area contributed by atoms with E-state index in [1.54, 1.807) is 43.0 Å². The molecule has 1 N–H and O–H groups in total. The van der Waals surface area contributed by atoms with E-state index in [1.165, 1.54) is 17.4 Å². The molecule has 1 aromatic heterocycles. The van der Waals surface area contributed by atoms with Crippen molar-refractivity contribution in [2.24, 2.45) is 0 Å². The third kappa shape index (κ3) is 6.10. The molecule has 1 amide bonds. The van der Waals surface area contributed by atoms with Crippen molar-refractivity contribution in [3.63, 3.8) is 0 Å². The second-order valence-corrected chi connectivity index (χ2v) is 7.53. The molecule has 0 fully saturated rings. The minimum absolute atomic E-state index is 0.170. The lowest BCUT2D eigenvalue weighted by Gasteiger charge is -2.16. The van der Waals surface area contributed by atoms with E-state index in [4.69, 9.17) is 9.47 Å². The number of anilines is 1. The van der Waals surface area contributed by atoms with Gasteiger partial charge < -0.3 is 9.47 Å². The van der Waals surface area contributed by atoms with Crippen LogP contribution in [0.4, 0.5) is 9.52 Å². The molecule has 0 aliphatic rings. The highest BCUT2D eigenvalue weighted by Gasteiger charge is 2.13. The standard InChI is InChI=1S/C22H23FN2O3S/c1-15(14-27-2)28-19-12-16(7-8-17-5-3-4-6-20(17)23)11-18(13-19)21(26)25-22-24-9-10-29-22/h3-6,9-13,15H,7-8,14H2,1-2H3,(H,24,25,26)/t15-/m0/s1. The SMILES string of the molecule is COC[C@H](C)Oc1cc(CCc2ccccc2F)cc(C(=O)Nc2nccs2)c1. The monoisotopic (exact) mass is 414 g/mol. The number of halogens is 1. The average Bonchev–Trinajstić information content (AvgIpc) is 3.20. The van der Waals surface area contributed by atoms with Crippen LogP contribution in [0.15, 0.2) is 54.0 Å². The fraction of sp³-hybridized carbons (Fsp3) is 0.273.